The van der Waals surface area contributed by atoms with Gasteiger partial charge in [-0.05, 0) is 23.3 Å². The van der Waals surface area contributed by atoms with E-state index in [1.165, 1.54) is 0 Å². The SMILES string of the molecule is NCCC(=O)N1CCN(CS(=O)(=O)c2ccc(-c3ccccc3)cc2)CC1. The van der Waals surface area contributed by atoms with Crippen LogP contribution in [0.5, 0.6) is 0 Å². The minimum Gasteiger partial charge on any atom is -0.340 e. The van der Waals surface area contributed by atoms with Gasteiger partial charge in [-0.25, -0.2) is 8.42 Å². The molecule has 0 unspecified atom stereocenters. The average Bonchev–Trinajstić information content (AvgIpc) is 2.69. The Morgan fingerprint density at radius 2 is 1.48 bits per heavy atom. The van der Waals surface area contributed by atoms with Crippen LogP contribution in [0.4, 0.5) is 0 Å². The van der Waals surface area contributed by atoms with Gasteiger partial charge in [0.25, 0.3) is 0 Å². The molecule has 2 N–H and O–H groups in total. The minimum atomic E-state index is -3.40. The van der Waals surface area contributed by atoms with E-state index < -0.39 is 9.84 Å². The molecule has 1 saturated heterocycles. The predicted molar refractivity (Wildman–Crippen MR) is 106 cm³/mol. The van der Waals surface area contributed by atoms with E-state index in [2.05, 4.69) is 0 Å². The maximum absolute atomic E-state index is 12.7. The molecule has 1 aliphatic heterocycles. The van der Waals surface area contributed by atoms with Crippen molar-refractivity contribution in [3.63, 3.8) is 0 Å². The van der Waals surface area contributed by atoms with Gasteiger partial charge in [0.15, 0.2) is 9.84 Å². The molecular formula is C20H25N3O3S. The first-order chi connectivity index (χ1) is 13.0. The lowest BCUT2D eigenvalue weighted by atomic mass is 10.1. The molecule has 6 nitrogen and oxygen atoms in total. The molecule has 0 aromatic heterocycles. The number of nitrogens with two attached hydrogens (primary N) is 1. The van der Waals surface area contributed by atoms with Crippen LogP contribution in [-0.2, 0) is 14.6 Å². The van der Waals surface area contributed by atoms with Crippen molar-refractivity contribution in [2.75, 3.05) is 38.6 Å². The summed E-state index contributed by atoms with van der Waals surface area (Å²) in [6.45, 7) is 2.53. The number of rotatable bonds is 6. The summed E-state index contributed by atoms with van der Waals surface area (Å²) < 4.78 is 25.5. The van der Waals surface area contributed by atoms with Crippen molar-refractivity contribution in [1.29, 1.82) is 0 Å². The highest BCUT2D eigenvalue weighted by Gasteiger charge is 2.25. The summed E-state index contributed by atoms with van der Waals surface area (Å²) in [5.74, 6) is 0.00729. The van der Waals surface area contributed by atoms with E-state index in [1.54, 1.807) is 17.0 Å². The van der Waals surface area contributed by atoms with E-state index in [9.17, 15) is 13.2 Å². The number of carbonyl (C=O) groups excluding carboxylic acids is 1. The lowest BCUT2D eigenvalue weighted by Gasteiger charge is -2.34. The third-order valence-corrected chi connectivity index (χ3v) is 6.45. The summed E-state index contributed by atoms with van der Waals surface area (Å²) in [7, 11) is -3.40. The highest BCUT2D eigenvalue weighted by molar-refractivity contribution is 7.91. The third kappa shape index (κ3) is 4.94. The molecule has 1 fully saturated rings. The molecule has 3 rings (SSSR count). The molecule has 0 atom stereocenters. The first-order valence-electron chi connectivity index (χ1n) is 9.08. The second-order valence-corrected chi connectivity index (χ2v) is 8.63. The molecule has 1 aliphatic rings. The molecule has 2 aromatic carbocycles. The topological polar surface area (TPSA) is 83.7 Å². The molecule has 0 spiro atoms. The van der Waals surface area contributed by atoms with Gasteiger partial charge in [-0.15, -0.1) is 0 Å². The Morgan fingerprint density at radius 3 is 2.07 bits per heavy atom. The fraction of sp³-hybridized carbons (Fsp3) is 0.350. The van der Waals surface area contributed by atoms with Gasteiger partial charge in [-0.2, -0.15) is 0 Å². The number of carbonyl (C=O) groups is 1. The van der Waals surface area contributed by atoms with Gasteiger partial charge < -0.3 is 10.6 Å². The molecule has 0 aliphatic carbocycles. The molecule has 1 heterocycles. The number of hydrogen-bond donors (Lipinski definition) is 1. The van der Waals surface area contributed by atoms with Crippen LogP contribution in [0.2, 0.25) is 0 Å². The lowest BCUT2D eigenvalue weighted by Crippen LogP contribution is -2.50. The van der Waals surface area contributed by atoms with Crippen LogP contribution in [-0.4, -0.2) is 62.7 Å². The monoisotopic (exact) mass is 387 g/mol. The van der Waals surface area contributed by atoms with Crippen LogP contribution in [0.3, 0.4) is 0 Å². The van der Waals surface area contributed by atoms with Crippen LogP contribution in [0.1, 0.15) is 6.42 Å². The molecule has 0 bridgehead atoms. The number of piperazine rings is 1. The van der Waals surface area contributed by atoms with E-state index in [4.69, 9.17) is 5.73 Å². The predicted octanol–water partition coefficient (Wildman–Crippen LogP) is 1.58. The van der Waals surface area contributed by atoms with Crippen molar-refractivity contribution in [2.24, 2.45) is 5.73 Å². The van der Waals surface area contributed by atoms with Crippen LogP contribution < -0.4 is 5.73 Å². The maximum Gasteiger partial charge on any atom is 0.223 e. The second kappa shape index (κ2) is 8.65. The summed E-state index contributed by atoms with van der Waals surface area (Å²) in [5.41, 5.74) is 7.46. The van der Waals surface area contributed by atoms with E-state index in [0.29, 0.717) is 44.0 Å². The first-order valence-corrected chi connectivity index (χ1v) is 10.7. The Balaban J connectivity index is 1.61. The van der Waals surface area contributed by atoms with E-state index in [1.807, 2.05) is 47.4 Å². The van der Waals surface area contributed by atoms with Gasteiger partial charge in [0, 0.05) is 39.1 Å². The molecule has 27 heavy (non-hydrogen) atoms. The molecule has 1 amide bonds. The summed E-state index contributed by atoms with van der Waals surface area (Å²) >= 11 is 0. The van der Waals surface area contributed by atoms with Crippen molar-refractivity contribution < 1.29 is 13.2 Å². The fourth-order valence-corrected chi connectivity index (χ4v) is 4.65. The summed E-state index contributed by atoms with van der Waals surface area (Å²) in [6.07, 6.45) is 0.339. The van der Waals surface area contributed by atoms with Gasteiger partial charge in [0.1, 0.15) is 5.88 Å². The maximum atomic E-state index is 12.7. The molecule has 0 saturated carbocycles. The quantitative estimate of drug-likeness (QED) is 0.814. The standard InChI is InChI=1S/C20H25N3O3S/c21-11-10-20(24)23-14-12-22(13-15-23)16-27(25,26)19-8-6-18(7-9-19)17-4-2-1-3-5-17/h1-9H,10-16,21H2. The number of nitrogens with zero attached hydrogens (tertiary/aromatic N) is 2. The summed E-state index contributed by atoms with van der Waals surface area (Å²) in [4.78, 5) is 15.8. The van der Waals surface area contributed by atoms with Crippen molar-refractivity contribution in [1.82, 2.24) is 9.80 Å². The molecule has 144 valence electrons. The Labute approximate surface area is 160 Å². The van der Waals surface area contributed by atoms with Crippen LogP contribution in [0.25, 0.3) is 11.1 Å². The zero-order valence-electron chi connectivity index (χ0n) is 15.3. The Morgan fingerprint density at radius 1 is 0.889 bits per heavy atom. The van der Waals surface area contributed by atoms with Crippen molar-refractivity contribution in [2.45, 2.75) is 11.3 Å². The summed E-state index contributed by atoms with van der Waals surface area (Å²) in [5, 5.41) is 0. The van der Waals surface area contributed by atoms with E-state index in [0.717, 1.165) is 11.1 Å². The van der Waals surface area contributed by atoms with Crippen molar-refractivity contribution in [3.05, 3.63) is 54.6 Å². The third-order valence-electron chi connectivity index (χ3n) is 4.76. The number of hydrogen-bond acceptors (Lipinski definition) is 5. The molecule has 7 heteroatoms. The van der Waals surface area contributed by atoms with Crippen LogP contribution in [0, 0.1) is 0 Å². The van der Waals surface area contributed by atoms with Gasteiger partial charge >= 0.3 is 0 Å². The highest BCUT2D eigenvalue weighted by Crippen LogP contribution is 2.22. The Kier molecular flexibility index (Phi) is 6.26. The van der Waals surface area contributed by atoms with E-state index in [-0.39, 0.29) is 11.8 Å². The van der Waals surface area contributed by atoms with Crippen LogP contribution in [0.15, 0.2) is 59.5 Å². The Bertz CT molecular complexity index is 859. The van der Waals surface area contributed by atoms with Gasteiger partial charge in [-0.3, -0.25) is 9.69 Å². The van der Waals surface area contributed by atoms with E-state index >= 15 is 0 Å². The average molecular weight is 388 g/mol. The first kappa shape index (κ1) is 19.5. The van der Waals surface area contributed by atoms with Crippen molar-refractivity contribution in [3.8, 4) is 11.1 Å². The zero-order chi connectivity index (χ0) is 19.3. The molecule has 0 radical (unpaired) electrons. The Hall–Kier alpha value is -2.22. The smallest absolute Gasteiger partial charge is 0.223 e. The minimum absolute atomic E-state index is 0.0311. The normalized spacial score (nSPS) is 15.7. The highest BCUT2D eigenvalue weighted by atomic mass is 32.2. The van der Waals surface area contributed by atoms with Crippen molar-refractivity contribution >= 4 is 15.7 Å². The van der Waals surface area contributed by atoms with Crippen LogP contribution >= 0.6 is 0 Å². The second-order valence-electron chi connectivity index (χ2n) is 6.67. The van der Waals surface area contributed by atoms with Gasteiger partial charge in [0.2, 0.25) is 5.91 Å². The largest absolute Gasteiger partial charge is 0.340 e. The summed E-state index contributed by atoms with van der Waals surface area (Å²) in [6, 6.07) is 16.9. The fourth-order valence-electron chi connectivity index (χ4n) is 3.21. The van der Waals surface area contributed by atoms with Gasteiger partial charge in [-0.1, -0.05) is 42.5 Å². The molecule has 2 aromatic rings. The number of sulfone groups is 1. The lowest BCUT2D eigenvalue weighted by molar-refractivity contribution is -0.132. The number of amides is 1. The number of benzene rings is 2. The van der Waals surface area contributed by atoms with Gasteiger partial charge in [0.05, 0.1) is 4.90 Å². The molecular weight excluding hydrogens is 362 g/mol. The zero-order valence-corrected chi connectivity index (χ0v) is 16.1.